The van der Waals surface area contributed by atoms with Gasteiger partial charge in [-0.15, -0.1) is 0 Å². The van der Waals surface area contributed by atoms with E-state index in [9.17, 15) is 39.6 Å². The van der Waals surface area contributed by atoms with Crippen LogP contribution in [-0.4, -0.2) is 109 Å². The van der Waals surface area contributed by atoms with Crippen LogP contribution in [0.3, 0.4) is 0 Å². The number of methoxy groups -OCH3 is 2. The van der Waals surface area contributed by atoms with Crippen molar-refractivity contribution in [3.63, 3.8) is 0 Å². The highest BCUT2D eigenvalue weighted by molar-refractivity contribution is 5.76. The third-order valence-corrected chi connectivity index (χ3v) is 6.89. The molecule has 0 unspecified atom stereocenters. The molecule has 250 valence electrons. The summed E-state index contributed by atoms with van der Waals surface area (Å²) < 4.78 is 10.9. The molecule has 0 aliphatic carbocycles. The molecular weight excluding hydrogens is 626 g/mol. The summed E-state index contributed by atoms with van der Waals surface area (Å²) in [4.78, 5) is 62.0. The molecule has 0 amide bonds. The Kier molecular flexibility index (Phi) is 11.7. The molecule has 48 heavy (non-hydrogen) atoms. The Bertz CT molecular complexity index is 1680. The van der Waals surface area contributed by atoms with Gasteiger partial charge in [-0.25, -0.2) is 15.0 Å². The van der Waals surface area contributed by atoms with Gasteiger partial charge in [0.25, 0.3) is 0 Å². The van der Waals surface area contributed by atoms with E-state index in [0.717, 1.165) is 5.56 Å². The van der Waals surface area contributed by atoms with Crippen LogP contribution < -0.4 is 9.47 Å². The number of hydrogen-bond donors (Lipinski definition) is 4. The smallest absolute Gasteiger partial charge is 0.317 e. The number of hydrogen-bond acceptors (Lipinski definition) is 11. The lowest BCUT2D eigenvalue weighted by molar-refractivity contribution is -0.144. The topological polar surface area (TPSA) is 213 Å². The molecule has 0 bridgehead atoms. The predicted molar refractivity (Wildman–Crippen MR) is 170 cm³/mol. The van der Waals surface area contributed by atoms with E-state index in [1.807, 2.05) is 6.07 Å². The third kappa shape index (κ3) is 9.78. The van der Waals surface area contributed by atoms with Crippen molar-refractivity contribution in [1.29, 1.82) is 0 Å². The van der Waals surface area contributed by atoms with Crippen molar-refractivity contribution in [2.45, 2.75) is 13.1 Å². The van der Waals surface area contributed by atoms with Gasteiger partial charge in [0.05, 0.1) is 74.6 Å². The van der Waals surface area contributed by atoms with E-state index in [0.29, 0.717) is 51.2 Å². The minimum Gasteiger partial charge on any atom is -0.493 e. The highest BCUT2D eigenvalue weighted by Gasteiger charge is 2.18. The van der Waals surface area contributed by atoms with Gasteiger partial charge < -0.3 is 29.9 Å². The van der Waals surface area contributed by atoms with Crippen molar-refractivity contribution in [1.82, 2.24) is 24.8 Å². The van der Waals surface area contributed by atoms with Gasteiger partial charge in [-0.3, -0.25) is 29.0 Å². The minimum atomic E-state index is -1.18. The van der Waals surface area contributed by atoms with Crippen LogP contribution in [-0.2, 0) is 32.3 Å². The van der Waals surface area contributed by atoms with Gasteiger partial charge in [-0.1, -0.05) is 18.2 Å². The molecule has 0 aliphatic heterocycles. The molecule has 0 aliphatic rings. The number of carboxylic acids is 4. The van der Waals surface area contributed by atoms with Gasteiger partial charge in [0.2, 0.25) is 0 Å². The molecule has 0 saturated heterocycles. The molecule has 15 nitrogen and oxygen atoms in total. The van der Waals surface area contributed by atoms with Crippen molar-refractivity contribution in [3.05, 3.63) is 78.1 Å². The van der Waals surface area contributed by atoms with E-state index in [4.69, 9.17) is 14.5 Å². The SMILES string of the molecule is COc1ccc(-c2cc(-c3cccc(CN(CC(=O)O)CC(=O)O)n3)nc(-c3cccc(CN(CC(=O)O)CC(=O)O)n3)c2)cc1OC. The van der Waals surface area contributed by atoms with Crippen LogP contribution in [0.1, 0.15) is 11.4 Å². The lowest BCUT2D eigenvalue weighted by Crippen LogP contribution is -2.34. The zero-order valence-electron chi connectivity index (χ0n) is 26.1. The Hall–Kier alpha value is -5.93. The Labute approximate surface area is 274 Å². The molecule has 1 aromatic carbocycles. The van der Waals surface area contributed by atoms with Crippen LogP contribution in [0.4, 0.5) is 0 Å². The molecule has 3 heterocycles. The summed E-state index contributed by atoms with van der Waals surface area (Å²) in [6.07, 6.45) is 0. The fourth-order valence-corrected chi connectivity index (χ4v) is 4.95. The zero-order chi connectivity index (χ0) is 34.8. The molecular formula is C33H33N5O10. The summed E-state index contributed by atoms with van der Waals surface area (Å²) in [6.45, 7) is -2.05. The second-order valence-corrected chi connectivity index (χ2v) is 10.6. The lowest BCUT2D eigenvalue weighted by atomic mass is 10.0. The van der Waals surface area contributed by atoms with Crippen molar-refractivity contribution in [2.75, 3.05) is 40.4 Å². The van der Waals surface area contributed by atoms with Gasteiger partial charge in [-0.2, -0.15) is 0 Å². The summed E-state index contributed by atoms with van der Waals surface area (Å²) in [6, 6.07) is 19.1. The lowest BCUT2D eigenvalue weighted by Gasteiger charge is -2.18. The van der Waals surface area contributed by atoms with E-state index in [1.165, 1.54) is 24.0 Å². The maximum absolute atomic E-state index is 11.3. The Morgan fingerprint density at radius 2 is 0.979 bits per heavy atom. The van der Waals surface area contributed by atoms with Gasteiger partial charge in [0, 0.05) is 13.1 Å². The van der Waals surface area contributed by atoms with E-state index >= 15 is 0 Å². The first-order chi connectivity index (χ1) is 22.9. The van der Waals surface area contributed by atoms with Crippen molar-refractivity contribution in [3.8, 4) is 45.4 Å². The number of nitrogens with zero attached hydrogens (tertiary/aromatic N) is 5. The van der Waals surface area contributed by atoms with Crippen LogP contribution >= 0.6 is 0 Å². The average Bonchev–Trinajstić information content (AvgIpc) is 3.03. The number of carboxylic acid groups (broad SMARTS) is 4. The predicted octanol–water partition coefficient (Wildman–Crippen LogP) is 2.83. The van der Waals surface area contributed by atoms with E-state index in [-0.39, 0.29) is 13.1 Å². The molecule has 0 fully saturated rings. The third-order valence-electron chi connectivity index (χ3n) is 6.89. The quantitative estimate of drug-likeness (QED) is 0.128. The fraction of sp³-hybridized carbons (Fsp3) is 0.242. The maximum atomic E-state index is 11.3. The number of carbonyl (C=O) groups is 4. The molecule has 3 aromatic heterocycles. The van der Waals surface area contributed by atoms with Crippen LogP contribution in [0.2, 0.25) is 0 Å². The Morgan fingerprint density at radius 1 is 0.542 bits per heavy atom. The normalized spacial score (nSPS) is 11.0. The number of aliphatic carboxylic acids is 4. The summed E-state index contributed by atoms with van der Waals surface area (Å²) in [5, 5.41) is 37.0. The van der Waals surface area contributed by atoms with E-state index < -0.39 is 50.1 Å². The summed E-state index contributed by atoms with van der Waals surface area (Å²) in [7, 11) is 3.05. The highest BCUT2D eigenvalue weighted by Crippen LogP contribution is 2.35. The van der Waals surface area contributed by atoms with Crippen LogP contribution in [0, 0.1) is 0 Å². The van der Waals surface area contributed by atoms with Crippen molar-refractivity contribution >= 4 is 23.9 Å². The first kappa shape index (κ1) is 34.9. The van der Waals surface area contributed by atoms with Gasteiger partial charge in [0.1, 0.15) is 0 Å². The largest absolute Gasteiger partial charge is 0.493 e. The fourth-order valence-electron chi connectivity index (χ4n) is 4.95. The molecule has 0 radical (unpaired) electrons. The van der Waals surface area contributed by atoms with Crippen LogP contribution in [0.15, 0.2) is 66.7 Å². The zero-order valence-corrected chi connectivity index (χ0v) is 26.1. The Morgan fingerprint density at radius 3 is 1.38 bits per heavy atom. The first-order valence-corrected chi connectivity index (χ1v) is 14.4. The summed E-state index contributed by atoms with van der Waals surface area (Å²) >= 11 is 0. The summed E-state index contributed by atoms with van der Waals surface area (Å²) in [5.74, 6) is -3.69. The van der Waals surface area contributed by atoms with Gasteiger partial charge in [0.15, 0.2) is 11.5 Å². The summed E-state index contributed by atoms with van der Waals surface area (Å²) in [5.41, 5.74) is 3.98. The molecule has 4 aromatic rings. The number of benzene rings is 1. The second kappa shape index (κ2) is 16.1. The monoisotopic (exact) mass is 659 g/mol. The second-order valence-electron chi connectivity index (χ2n) is 10.6. The molecule has 0 saturated carbocycles. The molecule has 0 atom stereocenters. The highest BCUT2D eigenvalue weighted by atomic mass is 16.5. The molecule has 4 N–H and O–H groups in total. The average molecular weight is 660 g/mol. The molecule has 15 heteroatoms. The van der Waals surface area contributed by atoms with Crippen LogP contribution in [0.25, 0.3) is 33.9 Å². The molecule has 0 spiro atoms. The Balaban J connectivity index is 1.80. The number of rotatable bonds is 17. The van der Waals surface area contributed by atoms with Crippen LogP contribution in [0.5, 0.6) is 11.5 Å². The van der Waals surface area contributed by atoms with Crippen molar-refractivity contribution in [2.24, 2.45) is 0 Å². The van der Waals surface area contributed by atoms with E-state index in [1.54, 1.807) is 60.7 Å². The number of pyridine rings is 3. The van der Waals surface area contributed by atoms with Gasteiger partial charge >= 0.3 is 23.9 Å². The number of ether oxygens (including phenoxy) is 2. The van der Waals surface area contributed by atoms with Crippen molar-refractivity contribution < 1.29 is 49.1 Å². The first-order valence-electron chi connectivity index (χ1n) is 14.4. The van der Waals surface area contributed by atoms with Gasteiger partial charge in [-0.05, 0) is 59.7 Å². The number of aromatic nitrogens is 3. The molecule has 4 rings (SSSR count). The minimum absolute atomic E-state index is 0.0402. The van der Waals surface area contributed by atoms with E-state index in [2.05, 4.69) is 9.97 Å². The maximum Gasteiger partial charge on any atom is 0.317 e. The standard InChI is InChI=1S/C33H33N5O10/c1-47-28-10-9-20(13-29(28)48-2)21-11-26(24-7-3-5-22(34-24)14-37(16-30(39)40)17-31(41)42)36-27(12-21)25-8-4-6-23(35-25)15-38(18-32(43)44)19-33(45)46/h3-13H,14-19H2,1-2H3,(H,39,40)(H,41,42)(H,43,44)(H,45,46).